The number of carbonyl (C=O) groups excluding carboxylic acids is 1. The summed E-state index contributed by atoms with van der Waals surface area (Å²) in [5.41, 5.74) is 1.67. The molecule has 0 spiro atoms. The zero-order valence-electron chi connectivity index (χ0n) is 16.0. The van der Waals surface area contributed by atoms with E-state index in [-0.39, 0.29) is 24.0 Å². The third-order valence-electron chi connectivity index (χ3n) is 4.25. The Kier molecular flexibility index (Phi) is 7.46. The molecule has 8 heteroatoms. The van der Waals surface area contributed by atoms with Gasteiger partial charge in [0.05, 0.1) is 4.90 Å². The number of halogens is 1. The predicted molar refractivity (Wildman–Crippen MR) is 116 cm³/mol. The van der Waals surface area contributed by atoms with Crippen LogP contribution in [0.5, 0.6) is 5.75 Å². The van der Waals surface area contributed by atoms with Gasteiger partial charge in [0.1, 0.15) is 5.75 Å². The minimum Gasteiger partial charge on any atom is -0.484 e. The number of carbonyl (C=O) groups is 1. The van der Waals surface area contributed by atoms with Gasteiger partial charge in [-0.15, -0.1) is 0 Å². The standard InChI is InChI=1S/C22H21ClN2O4S/c23-21-9-5-4-8-18(21)15-24-22(26)16-29-19-10-12-20(13-11-19)30(27,28)25-14-17-6-2-1-3-7-17/h1-13,25H,14-16H2,(H,24,26). The first-order valence-corrected chi connectivity index (χ1v) is 11.1. The second-order valence-corrected chi connectivity index (χ2v) is 8.61. The zero-order valence-corrected chi connectivity index (χ0v) is 17.6. The maximum absolute atomic E-state index is 12.4. The Morgan fingerprint density at radius 1 is 0.867 bits per heavy atom. The molecule has 3 aromatic carbocycles. The van der Waals surface area contributed by atoms with Gasteiger partial charge >= 0.3 is 0 Å². The van der Waals surface area contributed by atoms with Gasteiger partial charge in [-0.25, -0.2) is 13.1 Å². The molecule has 0 unspecified atom stereocenters. The lowest BCUT2D eigenvalue weighted by molar-refractivity contribution is -0.123. The molecular weight excluding hydrogens is 424 g/mol. The van der Waals surface area contributed by atoms with Gasteiger partial charge in [-0.2, -0.15) is 0 Å². The molecule has 0 fully saturated rings. The van der Waals surface area contributed by atoms with E-state index in [0.29, 0.717) is 17.3 Å². The highest BCUT2D eigenvalue weighted by Gasteiger charge is 2.14. The zero-order chi connectivity index (χ0) is 21.4. The Hall–Kier alpha value is -2.87. The van der Waals surface area contributed by atoms with Crippen LogP contribution in [0.1, 0.15) is 11.1 Å². The Morgan fingerprint density at radius 3 is 2.23 bits per heavy atom. The smallest absolute Gasteiger partial charge is 0.258 e. The molecule has 0 aliphatic carbocycles. The lowest BCUT2D eigenvalue weighted by Crippen LogP contribution is -2.28. The molecule has 30 heavy (non-hydrogen) atoms. The van der Waals surface area contributed by atoms with Gasteiger partial charge in [-0.1, -0.05) is 60.1 Å². The monoisotopic (exact) mass is 444 g/mol. The van der Waals surface area contributed by atoms with Crippen molar-refractivity contribution < 1.29 is 17.9 Å². The minimum absolute atomic E-state index is 0.119. The Bertz CT molecular complexity index is 1090. The number of amides is 1. The van der Waals surface area contributed by atoms with Gasteiger partial charge in [0, 0.05) is 18.1 Å². The lowest BCUT2D eigenvalue weighted by atomic mass is 10.2. The van der Waals surface area contributed by atoms with E-state index < -0.39 is 10.0 Å². The molecule has 3 rings (SSSR count). The molecule has 0 radical (unpaired) electrons. The van der Waals surface area contributed by atoms with Gasteiger partial charge in [0.25, 0.3) is 5.91 Å². The second-order valence-electron chi connectivity index (χ2n) is 6.44. The lowest BCUT2D eigenvalue weighted by Gasteiger charge is -2.10. The Labute approximate surface area is 180 Å². The molecule has 0 bridgehead atoms. The van der Waals surface area contributed by atoms with E-state index in [0.717, 1.165) is 11.1 Å². The van der Waals surface area contributed by atoms with Crippen LogP contribution in [0.25, 0.3) is 0 Å². The molecule has 6 nitrogen and oxygen atoms in total. The highest BCUT2D eigenvalue weighted by atomic mass is 35.5. The first-order chi connectivity index (χ1) is 14.4. The SMILES string of the molecule is O=C(COc1ccc(S(=O)(=O)NCc2ccccc2)cc1)NCc1ccccc1Cl. The molecule has 3 aromatic rings. The fourth-order valence-corrected chi connectivity index (χ4v) is 3.83. The molecule has 2 N–H and O–H groups in total. The summed E-state index contributed by atoms with van der Waals surface area (Å²) < 4.78 is 32.8. The molecule has 0 heterocycles. The van der Waals surface area contributed by atoms with Crippen LogP contribution in [0.3, 0.4) is 0 Å². The molecular formula is C22H21ClN2O4S. The molecule has 0 saturated heterocycles. The van der Waals surface area contributed by atoms with E-state index in [2.05, 4.69) is 10.0 Å². The van der Waals surface area contributed by atoms with Crippen LogP contribution in [0, 0.1) is 0 Å². The summed E-state index contributed by atoms with van der Waals surface area (Å²) in [6.45, 7) is 0.308. The van der Waals surface area contributed by atoms with Crippen LogP contribution in [0.15, 0.2) is 83.8 Å². The van der Waals surface area contributed by atoms with E-state index in [4.69, 9.17) is 16.3 Å². The van der Waals surface area contributed by atoms with Crippen LogP contribution >= 0.6 is 11.6 Å². The third-order valence-corrected chi connectivity index (χ3v) is 6.03. The Balaban J connectivity index is 1.49. The van der Waals surface area contributed by atoms with Crippen molar-refractivity contribution in [3.63, 3.8) is 0 Å². The molecule has 1 amide bonds. The summed E-state index contributed by atoms with van der Waals surface area (Å²) in [5, 5.41) is 3.30. The molecule has 0 aromatic heterocycles. The van der Waals surface area contributed by atoms with E-state index in [1.54, 1.807) is 6.07 Å². The predicted octanol–water partition coefficient (Wildman–Crippen LogP) is 3.51. The van der Waals surface area contributed by atoms with E-state index in [9.17, 15) is 13.2 Å². The number of nitrogens with one attached hydrogen (secondary N) is 2. The summed E-state index contributed by atoms with van der Waals surface area (Å²) in [7, 11) is -3.65. The summed E-state index contributed by atoms with van der Waals surface area (Å²) >= 11 is 6.05. The largest absolute Gasteiger partial charge is 0.484 e. The summed E-state index contributed by atoms with van der Waals surface area (Å²) in [6.07, 6.45) is 0. The molecule has 0 saturated carbocycles. The molecule has 156 valence electrons. The number of hydrogen-bond acceptors (Lipinski definition) is 4. The number of hydrogen-bond donors (Lipinski definition) is 2. The molecule has 0 atom stereocenters. The topological polar surface area (TPSA) is 84.5 Å². The average Bonchev–Trinajstić information content (AvgIpc) is 2.77. The number of benzene rings is 3. The third kappa shape index (κ3) is 6.32. The average molecular weight is 445 g/mol. The van der Waals surface area contributed by atoms with Crippen molar-refractivity contribution in [2.75, 3.05) is 6.61 Å². The van der Waals surface area contributed by atoms with Crippen molar-refractivity contribution in [1.82, 2.24) is 10.0 Å². The van der Waals surface area contributed by atoms with Gasteiger partial charge < -0.3 is 10.1 Å². The van der Waals surface area contributed by atoms with Crippen LogP contribution in [-0.4, -0.2) is 20.9 Å². The highest BCUT2D eigenvalue weighted by Crippen LogP contribution is 2.17. The quantitative estimate of drug-likeness (QED) is 0.529. The van der Waals surface area contributed by atoms with Crippen molar-refractivity contribution >= 4 is 27.5 Å². The van der Waals surface area contributed by atoms with Gasteiger partial charge in [-0.05, 0) is 41.5 Å². The summed E-state index contributed by atoms with van der Waals surface area (Å²) in [5.74, 6) is 0.0843. The summed E-state index contributed by atoms with van der Waals surface area (Å²) in [6, 6.07) is 22.4. The van der Waals surface area contributed by atoms with Crippen molar-refractivity contribution in [2.24, 2.45) is 0 Å². The van der Waals surface area contributed by atoms with Gasteiger partial charge in [-0.3, -0.25) is 4.79 Å². The van der Waals surface area contributed by atoms with Gasteiger partial charge in [0.2, 0.25) is 10.0 Å². The van der Waals surface area contributed by atoms with E-state index in [1.165, 1.54) is 24.3 Å². The van der Waals surface area contributed by atoms with Crippen molar-refractivity contribution in [3.05, 3.63) is 95.0 Å². The van der Waals surface area contributed by atoms with Crippen LogP contribution in [0.4, 0.5) is 0 Å². The second kappa shape index (κ2) is 10.2. The first kappa shape index (κ1) is 21.8. The molecule has 0 aliphatic rings. The fourth-order valence-electron chi connectivity index (χ4n) is 2.61. The number of ether oxygens (including phenoxy) is 1. The maximum Gasteiger partial charge on any atom is 0.258 e. The summed E-state index contributed by atoms with van der Waals surface area (Å²) in [4.78, 5) is 12.1. The van der Waals surface area contributed by atoms with Crippen molar-refractivity contribution in [1.29, 1.82) is 0 Å². The van der Waals surface area contributed by atoms with Gasteiger partial charge in [0.15, 0.2) is 6.61 Å². The highest BCUT2D eigenvalue weighted by molar-refractivity contribution is 7.89. The van der Waals surface area contributed by atoms with Crippen LogP contribution < -0.4 is 14.8 Å². The van der Waals surface area contributed by atoms with E-state index >= 15 is 0 Å². The van der Waals surface area contributed by atoms with Crippen molar-refractivity contribution in [3.8, 4) is 5.75 Å². The molecule has 0 aliphatic heterocycles. The fraction of sp³-hybridized carbons (Fsp3) is 0.136. The number of rotatable bonds is 9. The number of sulfonamides is 1. The normalized spacial score (nSPS) is 11.1. The van der Waals surface area contributed by atoms with E-state index in [1.807, 2.05) is 48.5 Å². The Morgan fingerprint density at radius 2 is 1.53 bits per heavy atom. The minimum atomic E-state index is -3.65. The van der Waals surface area contributed by atoms with Crippen molar-refractivity contribution in [2.45, 2.75) is 18.0 Å². The maximum atomic E-state index is 12.4. The van der Waals surface area contributed by atoms with Crippen LogP contribution in [0.2, 0.25) is 5.02 Å². The first-order valence-electron chi connectivity index (χ1n) is 9.20. The van der Waals surface area contributed by atoms with Crippen LogP contribution in [-0.2, 0) is 27.9 Å².